The number of thioether (sulfide) groups is 2. The summed E-state index contributed by atoms with van der Waals surface area (Å²) in [6, 6.07) is 2.43. The number of nitrogens with two attached hydrogens (primary N) is 1. The molecule has 8 nitrogen and oxygen atoms in total. The number of nitrogen functional groups attached to an aromatic ring is 1. The molecule has 48 heavy (non-hydrogen) atoms. The van der Waals surface area contributed by atoms with Gasteiger partial charge in [0.05, 0.1) is 21.3 Å². The van der Waals surface area contributed by atoms with Crippen molar-refractivity contribution in [1.29, 1.82) is 5.26 Å². The lowest BCUT2D eigenvalue weighted by molar-refractivity contribution is -0.137. The van der Waals surface area contributed by atoms with E-state index in [-0.39, 0.29) is 67.8 Å². The third-order valence-electron chi connectivity index (χ3n) is 9.24. The number of alkyl halides is 3. The number of fused-ring (bicyclic) bond motifs is 1. The first kappa shape index (κ1) is 32.7. The number of carbonyl (C=O) groups is 1. The van der Waals surface area contributed by atoms with Gasteiger partial charge < -0.3 is 15.5 Å². The first-order valence-electron chi connectivity index (χ1n) is 14.9. The summed E-state index contributed by atoms with van der Waals surface area (Å²) in [4.78, 5) is 34.3. The Morgan fingerprint density at radius 1 is 1.15 bits per heavy atom. The van der Waals surface area contributed by atoms with Gasteiger partial charge in [0, 0.05) is 87.3 Å². The van der Waals surface area contributed by atoms with E-state index in [2.05, 4.69) is 11.6 Å². The lowest BCUT2D eigenvalue weighted by Crippen LogP contribution is -2.58. The summed E-state index contributed by atoms with van der Waals surface area (Å²) < 4.78 is 78.3. The summed E-state index contributed by atoms with van der Waals surface area (Å²) in [5, 5.41) is 9.48. The normalized spacial score (nSPS) is 20.5. The average molecular weight is 719 g/mol. The summed E-state index contributed by atoms with van der Waals surface area (Å²) in [7, 11) is 0. The molecule has 0 aliphatic carbocycles. The second-order valence-electron chi connectivity index (χ2n) is 12.5. The number of aromatic nitrogens is 2. The van der Waals surface area contributed by atoms with Crippen LogP contribution in [0.15, 0.2) is 34.5 Å². The Morgan fingerprint density at radius 2 is 1.83 bits per heavy atom. The smallest absolute Gasteiger partial charge is 0.389 e. The Morgan fingerprint density at radius 3 is 2.42 bits per heavy atom. The summed E-state index contributed by atoms with van der Waals surface area (Å²) in [6.07, 6.45) is -3.85. The number of anilines is 2. The van der Waals surface area contributed by atoms with Crippen molar-refractivity contribution in [2.45, 2.75) is 43.5 Å². The van der Waals surface area contributed by atoms with Crippen molar-refractivity contribution in [2.24, 2.45) is 5.41 Å². The molecule has 3 aliphatic rings. The maximum absolute atomic E-state index is 16.1. The first-order valence-corrected chi connectivity index (χ1v) is 17.8. The molecule has 0 radical (unpaired) electrons. The van der Waals surface area contributed by atoms with E-state index in [0.29, 0.717) is 34.7 Å². The fraction of sp³-hybridized carbons (Fsp3) is 0.375. The van der Waals surface area contributed by atoms with Crippen LogP contribution in [0.25, 0.3) is 32.1 Å². The van der Waals surface area contributed by atoms with Crippen molar-refractivity contribution in [3.05, 3.63) is 58.0 Å². The molecule has 0 bridgehead atoms. The van der Waals surface area contributed by atoms with Gasteiger partial charge in [0.2, 0.25) is 5.91 Å². The zero-order valence-corrected chi connectivity index (χ0v) is 28.0. The fourth-order valence-corrected chi connectivity index (χ4v) is 11.0. The quantitative estimate of drug-likeness (QED) is 0.190. The van der Waals surface area contributed by atoms with E-state index in [4.69, 9.17) is 5.73 Å². The molecular weight excluding hydrogens is 692 g/mol. The van der Waals surface area contributed by atoms with Crippen LogP contribution in [-0.2, 0) is 17.5 Å². The Balaban J connectivity index is 1.59. The van der Waals surface area contributed by atoms with Gasteiger partial charge in [-0.2, -0.15) is 35.2 Å². The lowest BCUT2D eigenvalue weighted by Gasteiger charge is -2.44. The predicted molar refractivity (Wildman–Crippen MR) is 180 cm³/mol. The van der Waals surface area contributed by atoms with E-state index in [1.807, 2.05) is 6.07 Å². The Bertz CT molecular complexity index is 2160. The van der Waals surface area contributed by atoms with Gasteiger partial charge in [0.1, 0.15) is 28.5 Å². The van der Waals surface area contributed by atoms with E-state index in [1.165, 1.54) is 10.6 Å². The van der Waals surface area contributed by atoms with Gasteiger partial charge in [-0.3, -0.25) is 9.36 Å². The molecule has 0 unspecified atom stereocenters. The van der Waals surface area contributed by atoms with Gasteiger partial charge in [0.25, 0.3) is 0 Å². The molecule has 2 fully saturated rings. The maximum atomic E-state index is 16.1. The highest BCUT2D eigenvalue weighted by atomic mass is 32.2. The molecule has 2 aromatic carbocycles. The van der Waals surface area contributed by atoms with E-state index >= 15 is 22.0 Å². The van der Waals surface area contributed by atoms with Crippen molar-refractivity contribution >= 4 is 72.6 Å². The highest BCUT2D eigenvalue weighted by molar-refractivity contribution is 8.01. The predicted octanol–water partition coefficient (Wildman–Crippen LogP) is 6.48. The zero-order valence-electron chi connectivity index (χ0n) is 25.6. The molecule has 250 valence electrons. The summed E-state index contributed by atoms with van der Waals surface area (Å²) in [5.74, 6) is -0.956. The van der Waals surface area contributed by atoms with Crippen LogP contribution in [0.4, 0.5) is 32.8 Å². The topological polar surface area (TPSA) is 108 Å². The summed E-state index contributed by atoms with van der Waals surface area (Å²) in [6.45, 7) is 7.70. The van der Waals surface area contributed by atoms with Gasteiger partial charge in [-0.15, -0.1) is 23.1 Å². The number of nitriles is 1. The average Bonchev–Trinajstić information content (AvgIpc) is 3.21. The lowest BCUT2D eigenvalue weighted by atomic mass is 9.91. The molecule has 3 aliphatic heterocycles. The highest BCUT2D eigenvalue weighted by Gasteiger charge is 2.45. The van der Waals surface area contributed by atoms with Crippen LogP contribution < -0.4 is 16.3 Å². The number of hydrogen-bond acceptors (Lipinski definition) is 9. The van der Waals surface area contributed by atoms with Crippen molar-refractivity contribution in [1.82, 2.24) is 14.5 Å². The molecular formula is C32H27F5N6O2S3. The van der Waals surface area contributed by atoms with Crippen molar-refractivity contribution < 1.29 is 26.7 Å². The van der Waals surface area contributed by atoms with Crippen LogP contribution in [0, 0.1) is 28.4 Å². The van der Waals surface area contributed by atoms with Gasteiger partial charge in [-0.05, 0) is 26.0 Å². The van der Waals surface area contributed by atoms with Gasteiger partial charge >= 0.3 is 11.9 Å². The van der Waals surface area contributed by atoms with Gasteiger partial charge in [-0.25, -0.2) is 13.6 Å². The third kappa shape index (κ3) is 4.87. The second kappa shape index (κ2) is 11.4. The van der Waals surface area contributed by atoms with Gasteiger partial charge in [0.15, 0.2) is 0 Å². The summed E-state index contributed by atoms with van der Waals surface area (Å²) >= 11 is 3.40. The Kier molecular flexibility index (Phi) is 7.76. The Labute approximate surface area is 283 Å². The van der Waals surface area contributed by atoms with Crippen molar-refractivity contribution in [2.75, 3.05) is 41.0 Å². The van der Waals surface area contributed by atoms with Crippen LogP contribution in [0.3, 0.4) is 0 Å². The third-order valence-corrected chi connectivity index (χ3v) is 13.3. The van der Waals surface area contributed by atoms with Crippen LogP contribution in [0.5, 0.6) is 0 Å². The molecule has 7 rings (SSSR count). The van der Waals surface area contributed by atoms with Gasteiger partial charge in [-0.1, -0.05) is 6.58 Å². The molecule has 5 heterocycles. The van der Waals surface area contributed by atoms with Crippen LogP contribution in [-0.4, -0.2) is 62.8 Å². The molecule has 16 heteroatoms. The number of nitrogens with zero attached hydrogens (tertiary/aromatic N) is 5. The number of hydrogen-bond donors (Lipinski definition) is 1. The van der Waals surface area contributed by atoms with E-state index in [9.17, 15) is 14.9 Å². The number of benzene rings is 2. The molecule has 2 atom stereocenters. The zero-order chi connectivity index (χ0) is 34.4. The molecule has 4 aromatic rings. The van der Waals surface area contributed by atoms with E-state index in [1.54, 1.807) is 35.4 Å². The molecule has 2 aromatic heterocycles. The first-order chi connectivity index (χ1) is 22.7. The monoisotopic (exact) mass is 718 g/mol. The molecule has 2 N–H and O–H groups in total. The molecule has 0 saturated carbocycles. The van der Waals surface area contributed by atoms with Crippen LogP contribution >= 0.6 is 34.9 Å². The number of thiophene rings is 1. The minimum absolute atomic E-state index is 0.00334. The van der Waals surface area contributed by atoms with Crippen molar-refractivity contribution in [3.8, 4) is 17.2 Å². The molecule has 2 saturated heterocycles. The second-order valence-corrected chi connectivity index (χ2v) is 15.6. The minimum atomic E-state index is -5.05. The van der Waals surface area contributed by atoms with Crippen molar-refractivity contribution in [3.63, 3.8) is 0 Å². The number of rotatable bonds is 3. The number of halogens is 5. The number of piperazine rings is 1. The largest absolute Gasteiger partial charge is 0.417 e. The molecule has 1 amide bonds. The minimum Gasteiger partial charge on any atom is -0.389 e. The fourth-order valence-electron chi connectivity index (χ4n) is 7.18. The SMILES string of the molecule is C=CC(=O)N1[C@H](C)CN(c2nc(=O)n3c4c(c(-c5c(F)cc(F)c6sc(N)c(C#N)c56)c(C(F)(F)F)cc24)SCC2(CSC2)C3)C[C@@H]1C. The van der Waals surface area contributed by atoms with E-state index < -0.39 is 57.7 Å². The van der Waals surface area contributed by atoms with E-state index in [0.717, 1.165) is 17.8 Å². The number of carbonyl (C=O) groups excluding carboxylic acids is 1. The molecule has 1 spiro atoms. The highest BCUT2D eigenvalue weighted by Crippen LogP contribution is 2.55. The number of amides is 1. The van der Waals surface area contributed by atoms with Crippen LogP contribution in [0.2, 0.25) is 0 Å². The summed E-state index contributed by atoms with van der Waals surface area (Å²) in [5.41, 5.74) is 2.36. The maximum Gasteiger partial charge on any atom is 0.417 e. The van der Waals surface area contributed by atoms with Crippen LogP contribution in [0.1, 0.15) is 25.0 Å². The standard InChI is InChI=1S/C32H27F5N6O2S3/c1-4-21(44)43-14(2)8-41(9-15(43)3)29-16-5-18(32(35,36)37)23(24-19(33)6-20(34)26-22(24)17(7-38)28(39)48-26)27-25(16)42(30(45)40-29)10-31(13-47-27)11-46-12-31/h4-6,14-15H,1,8-13,39H2,2-3H3/t14-,15+. The Hall–Kier alpha value is -3.81.